The van der Waals surface area contributed by atoms with E-state index in [9.17, 15) is 19.2 Å². The smallest absolute Gasteiger partial charge is 0.355 e. The zero-order chi connectivity index (χ0) is 18.3. The van der Waals surface area contributed by atoms with Crippen LogP contribution in [0.25, 0.3) is 5.70 Å². The highest BCUT2D eigenvalue weighted by Gasteiger charge is 2.20. The Morgan fingerprint density at radius 3 is 2.46 bits per heavy atom. The van der Waals surface area contributed by atoms with E-state index in [0.717, 1.165) is 21.4 Å². The molecule has 1 aromatic rings. The summed E-state index contributed by atoms with van der Waals surface area (Å²) >= 11 is 3.00. The minimum Gasteiger partial charge on any atom is -0.463 e. The molecule has 24 heavy (non-hydrogen) atoms. The SMILES string of the molecule is C#CCn1c(=O)c(Br)cn(/C(=C/C(=O)OCC)C(=O)OCC)c1=O. The molecule has 1 rings (SSSR count). The molecular weight excluding hydrogens is 384 g/mol. The zero-order valence-corrected chi connectivity index (χ0v) is 14.7. The van der Waals surface area contributed by atoms with Gasteiger partial charge in [0.1, 0.15) is 5.70 Å². The van der Waals surface area contributed by atoms with Gasteiger partial charge >= 0.3 is 17.6 Å². The van der Waals surface area contributed by atoms with Crippen molar-refractivity contribution in [3.8, 4) is 12.3 Å². The van der Waals surface area contributed by atoms with Crippen molar-refractivity contribution in [1.29, 1.82) is 0 Å². The number of carbonyl (C=O) groups excluding carboxylic acids is 2. The van der Waals surface area contributed by atoms with Crippen LogP contribution in [0.4, 0.5) is 0 Å². The Hall–Kier alpha value is -2.60. The van der Waals surface area contributed by atoms with Crippen molar-refractivity contribution in [2.24, 2.45) is 0 Å². The molecule has 0 amide bonds. The summed E-state index contributed by atoms with van der Waals surface area (Å²) in [6, 6.07) is 0. The first-order valence-corrected chi connectivity index (χ1v) is 7.68. The minimum absolute atomic E-state index is 0.0172. The lowest BCUT2D eigenvalue weighted by Crippen LogP contribution is -2.40. The van der Waals surface area contributed by atoms with Crippen molar-refractivity contribution < 1.29 is 19.1 Å². The third-order valence-corrected chi connectivity index (χ3v) is 3.21. The Labute approximate surface area is 145 Å². The van der Waals surface area contributed by atoms with E-state index in [2.05, 4.69) is 21.9 Å². The molecule has 1 heterocycles. The molecule has 9 heteroatoms. The minimum atomic E-state index is -0.926. The molecule has 0 bridgehead atoms. The van der Waals surface area contributed by atoms with E-state index in [-0.39, 0.29) is 24.2 Å². The van der Waals surface area contributed by atoms with E-state index in [1.54, 1.807) is 13.8 Å². The summed E-state index contributed by atoms with van der Waals surface area (Å²) in [6.07, 6.45) is 7.04. The standard InChI is InChI=1S/C15H15BrN2O6/c1-4-7-17-13(20)10(16)9-18(15(17)22)11(14(21)24-6-3)8-12(19)23-5-2/h1,8-9H,5-7H2,2-3H3/b11-8+. The van der Waals surface area contributed by atoms with Gasteiger partial charge in [-0.1, -0.05) is 5.92 Å². The van der Waals surface area contributed by atoms with Gasteiger partial charge in [0.2, 0.25) is 0 Å². The number of hydrogen-bond donors (Lipinski definition) is 0. The Balaban J connectivity index is 3.63. The molecule has 0 unspecified atom stereocenters. The fraction of sp³-hybridized carbons (Fsp3) is 0.333. The van der Waals surface area contributed by atoms with Crippen molar-refractivity contribution in [2.45, 2.75) is 20.4 Å². The lowest BCUT2D eigenvalue weighted by atomic mass is 10.3. The molecule has 1 aromatic heterocycles. The zero-order valence-electron chi connectivity index (χ0n) is 13.1. The second-order valence-corrected chi connectivity index (χ2v) is 5.08. The Morgan fingerprint density at radius 2 is 1.92 bits per heavy atom. The number of terminal acetylenes is 1. The van der Waals surface area contributed by atoms with Gasteiger partial charge in [0.05, 0.1) is 30.3 Å². The first-order chi connectivity index (χ1) is 11.4. The topological polar surface area (TPSA) is 96.6 Å². The summed E-state index contributed by atoms with van der Waals surface area (Å²) in [7, 11) is 0. The quantitative estimate of drug-likeness (QED) is 0.390. The Morgan fingerprint density at radius 1 is 1.29 bits per heavy atom. The third kappa shape index (κ3) is 4.45. The maximum atomic E-state index is 12.4. The fourth-order valence-electron chi connectivity index (χ4n) is 1.70. The number of rotatable bonds is 6. The number of ether oxygens (including phenoxy) is 2. The van der Waals surface area contributed by atoms with Crippen molar-refractivity contribution >= 4 is 33.6 Å². The Bertz CT molecular complexity index is 828. The van der Waals surface area contributed by atoms with Gasteiger partial charge in [-0.05, 0) is 29.8 Å². The highest BCUT2D eigenvalue weighted by Crippen LogP contribution is 2.09. The molecule has 0 radical (unpaired) electrons. The Kier molecular flexibility index (Phi) is 7.20. The van der Waals surface area contributed by atoms with Gasteiger partial charge < -0.3 is 9.47 Å². The molecule has 0 N–H and O–H groups in total. The van der Waals surface area contributed by atoms with Crippen molar-refractivity contribution in [2.75, 3.05) is 13.2 Å². The molecule has 0 aromatic carbocycles. The average Bonchev–Trinajstić information content (AvgIpc) is 2.53. The van der Waals surface area contributed by atoms with E-state index < -0.39 is 28.9 Å². The van der Waals surface area contributed by atoms with Crippen LogP contribution in [-0.2, 0) is 25.6 Å². The fourth-order valence-corrected chi connectivity index (χ4v) is 2.12. The summed E-state index contributed by atoms with van der Waals surface area (Å²) in [5.41, 5.74) is -1.94. The maximum Gasteiger partial charge on any atom is 0.355 e. The van der Waals surface area contributed by atoms with Crippen LogP contribution >= 0.6 is 15.9 Å². The average molecular weight is 399 g/mol. The second kappa shape index (κ2) is 8.88. The lowest BCUT2D eigenvalue weighted by Gasteiger charge is -2.12. The van der Waals surface area contributed by atoms with Gasteiger partial charge in [0.25, 0.3) is 5.56 Å². The van der Waals surface area contributed by atoms with Crippen LogP contribution in [0.2, 0.25) is 0 Å². The van der Waals surface area contributed by atoms with Gasteiger partial charge in [-0.3, -0.25) is 9.36 Å². The summed E-state index contributed by atoms with van der Waals surface area (Å²) in [6.45, 7) is 2.97. The number of carbonyl (C=O) groups is 2. The van der Waals surface area contributed by atoms with Crippen LogP contribution in [0.15, 0.2) is 26.3 Å². The van der Waals surface area contributed by atoms with Crippen LogP contribution in [0.3, 0.4) is 0 Å². The second-order valence-electron chi connectivity index (χ2n) is 4.23. The van der Waals surface area contributed by atoms with E-state index in [4.69, 9.17) is 15.9 Å². The van der Waals surface area contributed by atoms with E-state index in [1.807, 2.05) is 0 Å². The summed E-state index contributed by atoms with van der Waals surface area (Å²) in [5, 5.41) is 0. The highest BCUT2D eigenvalue weighted by atomic mass is 79.9. The van der Waals surface area contributed by atoms with E-state index >= 15 is 0 Å². The van der Waals surface area contributed by atoms with Gasteiger partial charge in [-0.15, -0.1) is 6.42 Å². The first kappa shape index (κ1) is 19.4. The van der Waals surface area contributed by atoms with E-state index in [0.29, 0.717) is 0 Å². The van der Waals surface area contributed by atoms with Crippen molar-refractivity contribution in [3.63, 3.8) is 0 Å². The number of hydrogen-bond acceptors (Lipinski definition) is 6. The van der Waals surface area contributed by atoms with Gasteiger partial charge in [0, 0.05) is 6.20 Å². The molecule has 0 saturated carbocycles. The number of nitrogens with zero attached hydrogens (tertiary/aromatic N) is 2. The van der Waals surface area contributed by atoms with Crippen molar-refractivity contribution in [3.05, 3.63) is 37.6 Å². The van der Waals surface area contributed by atoms with Crippen LogP contribution in [0.5, 0.6) is 0 Å². The lowest BCUT2D eigenvalue weighted by molar-refractivity contribution is -0.139. The molecule has 0 fully saturated rings. The molecule has 128 valence electrons. The maximum absolute atomic E-state index is 12.4. The third-order valence-electron chi connectivity index (χ3n) is 2.66. The van der Waals surface area contributed by atoms with Crippen LogP contribution in [0, 0.1) is 12.3 Å². The van der Waals surface area contributed by atoms with Crippen LogP contribution < -0.4 is 11.2 Å². The predicted octanol–water partition coefficient (Wildman–Crippen LogP) is 0.373. The largest absolute Gasteiger partial charge is 0.463 e. The first-order valence-electron chi connectivity index (χ1n) is 6.88. The van der Waals surface area contributed by atoms with E-state index in [1.165, 1.54) is 0 Å². The highest BCUT2D eigenvalue weighted by molar-refractivity contribution is 9.10. The number of esters is 2. The normalized spacial score (nSPS) is 10.8. The summed E-state index contributed by atoms with van der Waals surface area (Å²) < 4.78 is 11.1. The molecular formula is C15H15BrN2O6. The molecule has 0 aliphatic heterocycles. The number of aromatic nitrogens is 2. The van der Waals surface area contributed by atoms with Gasteiger partial charge in [-0.25, -0.2) is 19.0 Å². The predicted molar refractivity (Wildman–Crippen MR) is 89.0 cm³/mol. The summed E-state index contributed by atoms with van der Waals surface area (Å²) in [5.74, 6) is 0.416. The number of halogens is 1. The van der Waals surface area contributed by atoms with Gasteiger partial charge in [-0.2, -0.15) is 0 Å². The monoisotopic (exact) mass is 398 g/mol. The molecule has 0 atom stereocenters. The van der Waals surface area contributed by atoms with Gasteiger partial charge in [0.15, 0.2) is 0 Å². The van der Waals surface area contributed by atoms with Crippen LogP contribution in [-0.4, -0.2) is 34.3 Å². The molecule has 0 aliphatic rings. The molecule has 0 spiro atoms. The summed E-state index contributed by atoms with van der Waals surface area (Å²) in [4.78, 5) is 48.2. The molecule has 0 saturated heterocycles. The van der Waals surface area contributed by atoms with Crippen molar-refractivity contribution in [1.82, 2.24) is 9.13 Å². The van der Waals surface area contributed by atoms with Crippen LogP contribution in [0.1, 0.15) is 13.8 Å². The molecule has 0 aliphatic carbocycles. The molecule has 8 nitrogen and oxygen atoms in total.